The van der Waals surface area contributed by atoms with Crippen molar-refractivity contribution in [1.82, 2.24) is 24.3 Å². The summed E-state index contributed by atoms with van der Waals surface area (Å²) in [6.07, 6.45) is -2.28. The number of nitrogens with zero attached hydrogens (tertiary/aromatic N) is 4. The van der Waals surface area contributed by atoms with Crippen LogP contribution in [0.25, 0.3) is 16.9 Å². The number of hydrogen-bond acceptors (Lipinski definition) is 7. The number of carbonyl (C=O) groups excluding carboxylic acids is 2. The van der Waals surface area contributed by atoms with E-state index in [1.807, 2.05) is 5.32 Å². The average molecular weight is 621 g/mol. The molecule has 3 heterocycles. The normalized spacial score (nSPS) is 13.0. The van der Waals surface area contributed by atoms with Gasteiger partial charge in [-0.3, -0.25) is 9.59 Å². The number of halogens is 5. The Bertz CT molecular complexity index is 1780. The minimum atomic E-state index is -4.67. The Kier molecular flexibility index (Phi) is 9.06. The molecule has 0 aliphatic rings. The first-order chi connectivity index (χ1) is 20.7. The number of aromatic nitrogens is 4. The minimum Gasteiger partial charge on any atom is -0.467 e. The van der Waals surface area contributed by atoms with Crippen LogP contribution in [0.4, 0.5) is 27.6 Å². The Morgan fingerprint density at radius 2 is 1.77 bits per heavy atom. The molecule has 3 aromatic heterocycles. The summed E-state index contributed by atoms with van der Waals surface area (Å²) in [5.74, 6) is -5.13. The molecule has 44 heavy (non-hydrogen) atoms. The summed E-state index contributed by atoms with van der Waals surface area (Å²) >= 11 is 0. The van der Waals surface area contributed by atoms with Crippen LogP contribution in [0, 0.1) is 25.5 Å². The molecule has 0 aliphatic carbocycles. The Hall–Kier alpha value is -4.82. The Labute approximate surface area is 247 Å². The number of carbonyl (C=O) groups is 2. The van der Waals surface area contributed by atoms with E-state index in [9.17, 15) is 36.3 Å². The second-order valence-corrected chi connectivity index (χ2v) is 10.1. The number of pyridine rings is 1. The van der Waals surface area contributed by atoms with Crippen LogP contribution in [-0.2, 0) is 23.0 Å². The molecule has 4 aromatic rings. The highest BCUT2D eigenvalue weighted by molar-refractivity contribution is 5.97. The predicted octanol–water partition coefficient (Wildman–Crippen LogP) is 4.26. The number of ether oxygens (including phenoxy) is 1. The van der Waals surface area contributed by atoms with Crippen molar-refractivity contribution in [3.63, 3.8) is 0 Å². The van der Waals surface area contributed by atoms with Crippen molar-refractivity contribution in [3.05, 3.63) is 81.3 Å². The average Bonchev–Trinajstić information content (AvgIpc) is 3.46. The number of anilines is 1. The number of alkyl halides is 3. The summed E-state index contributed by atoms with van der Waals surface area (Å²) in [5.41, 5.74) is 0.681. The number of aryl methyl sites for hydroxylation is 1. The van der Waals surface area contributed by atoms with Crippen LogP contribution < -0.4 is 16.2 Å². The zero-order valence-electron chi connectivity index (χ0n) is 24.3. The molecule has 0 saturated carbocycles. The van der Waals surface area contributed by atoms with Gasteiger partial charge in [0.2, 0.25) is 0 Å². The molecule has 0 fully saturated rings. The summed E-state index contributed by atoms with van der Waals surface area (Å²) in [6, 6.07) is 0.792. The highest BCUT2D eigenvalue weighted by atomic mass is 19.4. The van der Waals surface area contributed by atoms with Gasteiger partial charge in [-0.05, 0) is 44.5 Å². The van der Waals surface area contributed by atoms with E-state index >= 15 is 0 Å². The van der Waals surface area contributed by atoms with Crippen molar-refractivity contribution in [2.75, 3.05) is 12.4 Å². The smallest absolute Gasteiger partial charge is 0.408 e. The molecule has 0 spiro atoms. The topological polar surface area (TPSA) is 120 Å². The number of hydrogen-bond donors (Lipinski definition) is 2. The monoisotopic (exact) mass is 620 g/mol. The van der Waals surface area contributed by atoms with Gasteiger partial charge in [0.1, 0.15) is 40.6 Å². The number of methoxy groups -OCH3 is 1. The molecule has 10 nitrogen and oxygen atoms in total. The molecule has 2 N–H and O–H groups in total. The molecule has 1 amide bonds. The van der Waals surface area contributed by atoms with Gasteiger partial charge in [0, 0.05) is 48.5 Å². The Balaban J connectivity index is 1.64. The van der Waals surface area contributed by atoms with E-state index in [1.54, 1.807) is 43.6 Å². The van der Waals surface area contributed by atoms with E-state index in [-0.39, 0.29) is 17.7 Å². The molecular weight excluding hydrogens is 591 g/mol. The standard InChI is InChI=1S/C29H29F5N6O4/c1-6-22(29(32,33)34)37-16-11-19(30)23(20(31)12-16)26(41)38-21(28(43)44-5)13-17-7-8-18(25-35-9-10-40(17)25)24-27(42)39(4)15(3)14(2)36-24/h7-12,21-22,37H,6,13H2,1-5H3,(H,38,41)/t21-,22+/m0/s1. The molecular formula is C29H29F5N6O4. The molecule has 0 aliphatic heterocycles. The van der Waals surface area contributed by atoms with Crippen LogP contribution in [0.5, 0.6) is 0 Å². The number of amides is 1. The lowest BCUT2D eigenvalue weighted by Crippen LogP contribution is -2.44. The summed E-state index contributed by atoms with van der Waals surface area (Å²) in [5, 5.41) is 4.27. The van der Waals surface area contributed by atoms with Gasteiger partial charge in [-0.15, -0.1) is 0 Å². The number of nitrogens with one attached hydrogen (secondary N) is 2. The lowest BCUT2D eigenvalue weighted by molar-refractivity contribution is -0.143. The highest BCUT2D eigenvalue weighted by Gasteiger charge is 2.38. The number of imidazole rings is 1. The summed E-state index contributed by atoms with van der Waals surface area (Å²) < 4.78 is 76.9. The van der Waals surface area contributed by atoms with Gasteiger partial charge >= 0.3 is 12.1 Å². The number of fused-ring (bicyclic) bond motifs is 1. The van der Waals surface area contributed by atoms with Crippen molar-refractivity contribution in [3.8, 4) is 11.3 Å². The maximum atomic E-state index is 14.9. The van der Waals surface area contributed by atoms with Crippen LogP contribution in [0.2, 0.25) is 0 Å². The van der Waals surface area contributed by atoms with Gasteiger partial charge in [-0.2, -0.15) is 13.2 Å². The largest absolute Gasteiger partial charge is 0.467 e. The third-order valence-electron chi connectivity index (χ3n) is 7.32. The molecule has 2 atom stereocenters. The molecule has 0 unspecified atom stereocenters. The first-order valence-electron chi connectivity index (χ1n) is 13.4. The second-order valence-electron chi connectivity index (χ2n) is 10.1. The summed E-state index contributed by atoms with van der Waals surface area (Å²) in [7, 11) is 2.68. The molecule has 4 rings (SSSR count). The molecule has 15 heteroatoms. The molecule has 0 radical (unpaired) electrons. The van der Waals surface area contributed by atoms with Crippen molar-refractivity contribution in [1.29, 1.82) is 0 Å². The number of benzene rings is 1. The number of esters is 1. The van der Waals surface area contributed by atoms with Crippen molar-refractivity contribution in [2.45, 2.75) is 51.9 Å². The van der Waals surface area contributed by atoms with E-state index in [0.717, 1.165) is 7.11 Å². The number of rotatable bonds is 9. The van der Waals surface area contributed by atoms with Gasteiger partial charge in [0.15, 0.2) is 0 Å². The van der Waals surface area contributed by atoms with E-state index in [0.29, 0.717) is 40.4 Å². The predicted molar refractivity (Wildman–Crippen MR) is 150 cm³/mol. The van der Waals surface area contributed by atoms with Crippen LogP contribution in [0.15, 0.2) is 41.5 Å². The zero-order valence-corrected chi connectivity index (χ0v) is 24.3. The van der Waals surface area contributed by atoms with Crippen molar-refractivity contribution in [2.24, 2.45) is 7.05 Å². The molecule has 0 bridgehead atoms. The Morgan fingerprint density at radius 1 is 1.11 bits per heavy atom. The molecule has 1 aromatic carbocycles. The fourth-order valence-electron chi connectivity index (χ4n) is 4.71. The minimum absolute atomic E-state index is 0.153. The second kappa shape index (κ2) is 12.4. The molecule has 0 saturated heterocycles. The fourth-order valence-corrected chi connectivity index (χ4v) is 4.71. The third-order valence-corrected chi connectivity index (χ3v) is 7.32. The fraction of sp³-hybridized carbons (Fsp3) is 0.345. The van der Waals surface area contributed by atoms with Crippen molar-refractivity contribution >= 4 is 23.2 Å². The van der Waals surface area contributed by atoms with Crippen LogP contribution in [-0.4, -0.2) is 56.2 Å². The lowest BCUT2D eigenvalue weighted by Gasteiger charge is -2.22. The van der Waals surface area contributed by atoms with E-state index in [4.69, 9.17) is 4.74 Å². The van der Waals surface area contributed by atoms with Gasteiger partial charge < -0.3 is 24.3 Å². The first-order valence-corrected chi connectivity index (χ1v) is 13.4. The quantitative estimate of drug-likeness (QED) is 0.212. The van der Waals surface area contributed by atoms with E-state index < -0.39 is 59.4 Å². The van der Waals surface area contributed by atoms with Gasteiger partial charge in [-0.1, -0.05) is 6.92 Å². The van der Waals surface area contributed by atoms with Gasteiger partial charge in [0.25, 0.3) is 11.5 Å². The lowest BCUT2D eigenvalue weighted by atomic mass is 10.1. The van der Waals surface area contributed by atoms with Crippen LogP contribution >= 0.6 is 0 Å². The van der Waals surface area contributed by atoms with E-state index in [1.165, 1.54) is 17.7 Å². The van der Waals surface area contributed by atoms with Gasteiger partial charge in [-0.25, -0.2) is 23.5 Å². The first kappa shape index (κ1) is 32.1. The van der Waals surface area contributed by atoms with Gasteiger partial charge in [0.05, 0.1) is 12.8 Å². The Morgan fingerprint density at radius 3 is 2.36 bits per heavy atom. The highest BCUT2D eigenvalue weighted by Crippen LogP contribution is 2.28. The van der Waals surface area contributed by atoms with Crippen LogP contribution in [0.3, 0.4) is 0 Å². The molecule has 234 valence electrons. The zero-order chi connectivity index (χ0) is 32.5. The maximum Gasteiger partial charge on any atom is 0.408 e. The third kappa shape index (κ3) is 6.26. The van der Waals surface area contributed by atoms with E-state index in [2.05, 4.69) is 15.3 Å². The van der Waals surface area contributed by atoms with Crippen LogP contribution in [0.1, 0.15) is 40.8 Å². The maximum absolute atomic E-state index is 14.9. The van der Waals surface area contributed by atoms with Crippen molar-refractivity contribution < 1.29 is 36.3 Å². The summed E-state index contributed by atoms with van der Waals surface area (Å²) in [4.78, 5) is 47.4. The SMILES string of the molecule is CC[C@@H](Nc1cc(F)c(C(=O)N[C@@H](Cc2ccc(-c3nc(C)c(C)n(C)c3=O)c3nccn23)C(=O)OC)c(F)c1)C(F)(F)F. The summed E-state index contributed by atoms with van der Waals surface area (Å²) in [6.45, 7) is 4.78.